The van der Waals surface area contributed by atoms with Crippen molar-refractivity contribution >= 4 is 35.8 Å². The SMILES string of the molecule is CCNC(=NCC(C)Oc1cccc(C)c1)NC1CCN(c2ccccn2)CC1.I. The zero-order valence-electron chi connectivity index (χ0n) is 18.2. The van der Waals surface area contributed by atoms with Crippen molar-refractivity contribution in [2.45, 2.75) is 45.8 Å². The molecule has 1 unspecified atom stereocenters. The highest BCUT2D eigenvalue weighted by Gasteiger charge is 2.20. The van der Waals surface area contributed by atoms with Gasteiger partial charge in [0.2, 0.25) is 0 Å². The second-order valence-corrected chi connectivity index (χ2v) is 7.56. The summed E-state index contributed by atoms with van der Waals surface area (Å²) in [6.07, 6.45) is 4.00. The van der Waals surface area contributed by atoms with E-state index in [0.29, 0.717) is 12.6 Å². The lowest BCUT2D eigenvalue weighted by atomic mass is 10.1. The number of aliphatic imine (C=N–C) groups is 1. The fourth-order valence-corrected chi connectivity index (χ4v) is 3.49. The van der Waals surface area contributed by atoms with E-state index in [4.69, 9.17) is 9.73 Å². The number of anilines is 1. The average molecular weight is 523 g/mol. The number of hydrogen-bond donors (Lipinski definition) is 2. The fraction of sp³-hybridized carbons (Fsp3) is 0.478. The van der Waals surface area contributed by atoms with Crippen molar-refractivity contribution in [1.82, 2.24) is 15.6 Å². The van der Waals surface area contributed by atoms with E-state index in [1.165, 1.54) is 5.56 Å². The minimum atomic E-state index is 0. The molecule has 1 fully saturated rings. The van der Waals surface area contributed by atoms with Crippen molar-refractivity contribution in [3.8, 4) is 5.75 Å². The molecule has 1 aromatic carbocycles. The summed E-state index contributed by atoms with van der Waals surface area (Å²) in [5.74, 6) is 2.82. The number of nitrogens with zero attached hydrogens (tertiary/aromatic N) is 3. The van der Waals surface area contributed by atoms with Crippen LogP contribution in [0.4, 0.5) is 5.82 Å². The van der Waals surface area contributed by atoms with Crippen molar-refractivity contribution in [2.24, 2.45) is 4.99 Å². The van der Waals surface area contributed by atoms with E-state index in [1.54, 1.807) is 0 Å². The molecule has 30 heavy (non-hydrogen) atoms. The van der Waals surface area contributed by atoms with Crippen molar-refractivity contribution in [1.29, 1.82) is 0 Å². The predicted molar refractivity (Wildman–Crippen MR) is 135 cm³/mol. The van der Waals surface area contributed by atoms with Crippen molar-refractivity contribution < 1.29 is 4.74 Å². The Morgan fingerprint density at radius 3 is 2.70 bits per heavy atom. The van der Waals surface area contributed by atoms with Gasteiger partial charge in [-0.2, -0.15) is 0 Å². The quantitative estimate of drug-likeness (QED) is 0.327. The highest BCUT2D eigenvalue weighted by atomic mass is 127. The van der Waals surface area contributed by atoms with E-state index in [1.807, 2.05) is 30.5 Å². The molecule has 0 spiro atoms. The van der Waals surface area contributed by atoms with Gasteiger partial charge < -0.3 is 20.3 Å². The van der Waals surface area contributed by atoms with E-state index >= 15 is 0 Å². The van der Waals surface area contributed by atoms with E-state index in [-0.39, 0.29) is 30.1 Å². The number of aryl methyl sites for hydroxylation is 1. The van der Waals surface area contributed by atoms with Crippen LogP contribution in [0.3, 0.4) is 0 Å². The smallest absolute Gasteiger partial charge is 0.191 e. The van der Waals surface area contributed by atoms with Crippen LogP contribution in [0.15, 0.2) is 53.7 Å². The molecule has 0 radical (unpaired) electrons. The first-order chi connectivity index (χ1) is 14.1. The van der Waals surface area contributed by atoms with Gasteiger partial charge in [-0.1, -0.05) is 18.2 Å². The van der Waals surface area contributed by atoms with Crippen LogP contribution in [-0.2, 0) is 0 Å². The lowest BCUT2D eigenvalue weighted by molar-refractivity contribution is 0.230. The van der Waals surface area contributed by atoms with Gasteiger partial charge in [-0.15, -0.1) is 24.0 Å². The normalized spacial score (nSPS) is 15.8. The molecule has 0 saturated carbocycles. The first kappa shape index (κ1) is 24.2. The maximum absolute atomic E-state index is 6.00. The zero-order valence-corrected chi connectivity index (χ0v) is 20.5. The molecule has 164 valence electrons. The van der Waals surface area contributed by atoms with Gasteiger partial charge in [-0.05, 0) is 63.4 Å². The second kappa shape index (κ2) is 12.6. The average Bonchev–Trinajstić information content (AvgIpc) is 2.73. The molecule has 6 nitrogen and oxygen atoms in total. The van der Waals surface area contributed by atoms with Gasteiger partial charge in [-0.25, -0.2) is 9.98 Å². The summed E-state index contributed by atoms with van der Waals surface area (Å²) in [4.78, 5) is 11.6. The minimum absolute atomic E-state index is 0. The molecule has 1 aliphatic heterocycles. The Kier molecular flexibility index (Phi) is 10.2. The van der Waals surface area contributed by atoms with Gasteiger partial charge in [0.1, 0.15) is 17.7 Å². The molecule has 0 amide bonds. The topological polar surface area (TPSA) is 61.8 Å². The Morgan fingerprint density at radius 1 is 1.23 bits per heavy atom. The maximum Gasteiger partial charge on any atom is 0.191 e. The van der Waals surface area contributed by atoms with Crippen LogP contribution in [0.25, 0.3) is 0 Å². The molecular formula is C23H34IN5O. The van der Waals surface area contributed by atoms with E-state index < -0.39 is 0 Å². The van der Waals surface area contributed by atoms with Crippen LogP contribution in [0.1, 0.15) is 32.3 Å². The molecule has 3 rings (SSSR count). The lowest BCUT2D eigenvalue weighted by Crippen LogP contribution is -2.49. The molecule has 1 saturated heterocycles. The molecule has 1 atom stereocenters. The number of rotatable bonds is 7. The molecule has 1 aliphatic rings. The molecular weight excluding hydrogens is 489 g/mol. The van der Waals surface area contributed by atoms with Crippen LogP contribution in [-0.4, -0.2) is 49.3 Å². The number of guanidine groups is 1. The van der Waals surface area contributed by atoms with E-state index in [2.05, 4.69) is 59.5 Å². The van der Waals surface area contributed by atoms with Crippen LogP contribution < -0.4 is 20.3 Å². The largest absolute Gasteiger partial charge is 0.489 e. The Morgan fingerprint density at radius 2 is 2.03 bits per heavy atom. The van der Waals surface area contributed by atoms with Crippen molar-refractivity contribution in [3.63, 3.8) is 0 Å². The number of piperidine rings is 1. The minimum Gasteiger partial charge on any atom is -0.489 e. The highest BCUT2D eigenvalue weighted by Crippen LogP contribution is 2.17. The number of aromatic nitrogens is 1. The van der Waals surface area contributed by atoms with Crippen LogP contribution >= 0.6 is 24.0 Å². The standard InChI is InChI=1S/C23H33N5O.HI/c1-4-24-23(26-17-19(3)29-21-9-7-8-18(2)16-21)27-20-11-14-28(15-12-20)22-10-5-6-13-25-22;/h5-10,13,16,19-20H,4,11-12,14-15,17H2,1-3H3,(H2,24,26,27);1H. The van der Waals surface area contributed by atoms with Gasteiger partial charge in [0.25, 0.3) is 0 Å². The number of hydrogen-bond acceptors (Lipinski definition) is 4. The summed E-state index contributed by atoms with van der Waals surface area (Å²) in [7, 11) is 0. The van der Waals surface area contributed by atoms with Crippen molar-refractivity contribution in [3.05, 3.63) is 54.2 Å². The summed E-state index contributed by atoms with van der Waals surface area (Å²) in [5.41, 5.74) is 1.20. The highest BCUT2D eigenvalue weighted by molar-refractivity contribution is 14.0. The Hall–Kier alpha value is -2.03. The van der Waals surface area contributed by atoms with Crippen LogP contribution in [0, 0.1) is 6.92 Å². The molecule has 1 aromatic heterocycles. The predicted octanol–water partition coefficient (Wildman–Crippen LogP) is 4.00. The number of pyridine rings is 1. The molecule has 2 aromatic rings. The van der Waals surface area contributed by atoms with Gasteiger partial charge in [0.15, 0.2) is 5.96 Å². The summed E-state index contributed by atoms with van der Waals surface area (Å²) in [6, 6.07) is 14.6. The van der Waals surface area contributed by atoms with Crippen LogP contribution in [0.5, 0.6) is 5.75 Å². The van der Waals surface area contributed by atoms with Gasteiger partial charge in [0, 0.05) is 31.9 Å². The number of benzene rings is 1. The summed E-state index contributed by atoms with van der Waals surface area (Å²) in [5, 5.41) is 6.95. The first-order valence-electron chi connectivity index (χ1n) is 10.6. The third-order valence-electron chi connectivity index (χ3n) is 4.99. The van der Waals surface area contributed by atoms with Crippen molar-refractivity contribution in [2.75, 3.05) is 31.1 Å². The molecule has 2 heterocycles. The molecule has 7 heteroatoms. The Labute approximate surface area is 197 Å². The number of nitrogens with one attached hydrogen (secondary N) is 2. The monoisotopic (exact) mass is 523 g/mol. The molecule has 2 N–H and O–H groups in total. The van der Waals surface area contributed by atoms with E-state index in [9.17, 15) is 0 Å². The summed E-state index contributed by atoms with van der Waals surface area (Å²) >= 11 is 0. The molecule has 0 bridgehead atoms. The van der Waals surface area contributed by atoms with Gasteiger partial charge >= 0.3 is 0 Å². The molecule has 0 aliphatic carbocycles. The second-order valence-electron chi connectivity index (χ2n) is 7.56. The lowest BCUT2D eigenvalue weighted by Gasteiger charge is -2.33. The van der Waals surface area contributed by atoms with Gasteiger partial charge in [0.05, 0.1) is 6.54 Å². The van der Waals surface area contributed by atoms with Gasteiger partial charge in [-0.3, -0.25) is 0 Å². The van der Waals surface area contributed by atoms with E-state index in [0.717, 1.165) is 50.0 Å². The maximum atomic E-state index is 6.00. The first-order valence-corrected chi connectivity index (χ1v) is 10.6. The third-order valence-corrected chi connectivity index (χ3v) is 4.99. The third kappa shape index (κ3) is 7.66. The summed E-state index contributed by atoms with van der Waals surface area (Å²) in [6.45, 7) is 9.67. The number of ether oxygens (including phenoxy) is 1. The fourth-order valence-electron chi connectivity index (χ4n) is 3.49. The van der Waals surface area contributed by atoms with Crippen LogP contribution in [0.2, 0.25) is 0 Å². The summed E-state index contributed by atoms with van der Waals surface area (Å²) < 4.78 is 6.00. The Balaban J connectivity index is 0.00000320. The zero-order chi connectivity index (χ0) is 20.5. The Bertz CT molecular complexity index is 778. The number of halogens is 1.